The van der Waals surface area contributed by atoms with Crippen LogP contribution in [0.1, 0.15) is 18.5 Å². The molecule has 0 unspecified atom stereocenters. The number of nitrogens with zero attached hydrogens (tertiary/aromatic N) is 1. The zero-order valence-electron chi connectivity index (χ0n) is 18.5. The summed E-state index contributed by atoms with van der Waals surface area (Å²) in [5, 5.41) is 6.44. The molecule has 5 rings (SSSR count). The molecule has 1 heterocycles. The summed E-state index contributed by atoms with van der Waals surface area (Å²) in [6, 6.07) is 22.1. The predicted molar refractivity (Wildman–Crippen MR) is 128 cm³/mol. The van der Waals surface area contributed by atoms with Crippen LogP contribution in [0.15, 0.2) is 78.9 Å². The number of fused-ring (bicyclic) bond motifs is 1. The fraction of sp³-hybridized carbons (Fsp3) is 0.148. The maximum absolute atomic E-state index is 13.1. The maximum Gasteiger partial charge on any atom is 0.240 e. The maximum atomic E-state index is 13.1. The van der Waals surface area contributed by atoms with Gasteiger partial charge in [0.25, 0.3) is 0 Å². The zero-order chi connectivity index (χ0) is 23.7. The number of aromatic nitrogens is 1. The van der Waals surface area contributed by atoms with Crippen molar-refractivity contribution < 1.29 is 18.7 Å². The predicted octanol–water partition coefficient (Wildman–Crippen LogP) is 5.83. The van der Waals surface area contributed by atoms with Gasteiger partial charge in [-0.2, -0.15) is 0 Å². The number of pyridine rings is 1. The van der Waals surface area contributed by atoms with Gasteiger partial charge in [-0.15, -0.1) is 0 Å². The Bertz CT molecular complexity index is 1380. The van der Waals surface area contributed by atoms with Crippen molar-refractivity contribution in [3.8, 4) is 11.5 Å². The molecule has 34 heavy (non-hydrogen) atoms. The summed E-state index contributed by atoms with van der Waals surface area (Å²) in [6.45, 7) is 1.91. The molecule has 1 aliphatic rings. The number of aryl methyl sites for hydroxylation is 1. The van der Waals surface area contributed by atoms with Gasteiger partial charge in [-0.05, 0) is 80.4 Å². The van der Waals surface area contributed by atoms with Crippen LogP contribution in [0.25, 0.3) is 10.9 Å². The van der Waals surface area contributed by atoms with Gasteiger partial charge in [0.05, 0.1) is 5.52 Å². The van der Waals surface area contributed by atoms with Crippen LogP contribution in [0, 0.1) is 18.2 Å². The number of halogens is 1. The minimum Gasteiger partial charge on any atom is -0.457 e. The van der Waals surface area contributed by atoms with E-state index in [1.165, 1.54) is 24.3 Å². The van der Waals surface area contributed by atoms with E-state index in [1.54, 1.807) is 24.3 Å². The van der Waals surface area contributed by atoms with Crippen LogP contribution in [-0.2, 0) is 9.59 Å². The highest BCUT2D eigenvalue weighted by atomic mass is 19.1. The van der Waals surface area contributed by atoms with Crippen LogP contribution in [0.3, 0.4) is 0 Å². The highest BCUT2D eigenvalue weighted by Crippen LogP contribution is 2.47. The van der Waals surface area contributed by atoms with Gasteiger partial charge in [-0.25, -0.2) is 4.39 Å². The number of carbonyl (C=O) groups is 2. The van der Waals surface area contributed by atoms with Gasteiger partial charge >= 0.3 is 0 Å². The van der Waals surface area contributed by atoms with Gasteiger partial charge in [-0.1, -0.05) is 12.1 Å². The molecule has 0 saturated heterocycles. The molecule has 0 atom stereocenters. The number of ether oxygens (including phenoxy) is 1. The number of hydrogen-bond acceptors (Lipinski definition) is 4. The fourth-order valence-electron chi connectivity index (χ4n) is 3.80. The second-order valence-corrected chi connectivity index (χ2v) is 8.40. The van der Waals surface area contributed by atoms with Crippen molar-refractivity contribution in [3.63, 3.8) is 0 Å². The molecular formula is C27H22FN3O3. The first-order valence-corrected chi connectivity index (χ1v) is 11.0. The number of para-hydroxylation sites is 1. The quantitative estimate of drug-likeness (QED) is 0.359. The van der Waals surface area contributed by atoms with Crippen molar-refractivity contribution in [1.82, 2.24) is 4.98 Å². The molecule has 0 bridgehead atoms. The van der Waals surface area contributed by atoms with E-state index in [0.29, 0.717) is 35.7 Å². The molecule has 2 N–H and O–H groups in total. The van der Waals surface area contributed by atoms with Crippen LogP contribution >= 0.6 is 0 Å². The smallest absolute Gasteiger partial charge is 0.240 e. The molecule has 0 radical (unpaired) electrons. The molecule has 1 aromatic heterocycles. The second kappa shape index (κ2) is 8.59. The van der Waals surface area contributed by atoms with Crippen LogP contribution in [0.2, 0.25) is 0 Å². The first-order chi connectivity index (χ1) is 16.4. The number of amides is 2. The highest BCUT2D eigenvalue weighted by Gasteiger charge is 2.56. The third-order valence-corrected chi connectivity index (χ3v) is 5.87. The Kier molecular flexibility index (Phi) is 5.45. The number of nitrogens with one attached hydrogen (secondary N) is 2. The minimum atomic E-state index is -1.11. The number of rotatable bonds is 6. The number of hydrogen-bond donors (Lipinski definition) is 2. The summed E-state index contributed by atoms with van der Waals surface area (Å²) in [5.74, 6) is 0.169. The van der Waals surface area contributed by atoms with Gasteiger partial charge in [0, 0.05) is 28.5 Å². The normalized spacial score (nSPS) is 13.8. The lowest BCUT2D eigenvalue weighted by Gasteiger charge is -2.16. The van der Waals surface area contributed by atoms with Crippen molar-refractivity contribution in [2.24, 2.45) is 5.41 Å². The van der Waals surface area contributed by atoms with Crippen molar-refractivity contribution in [2.75, 3.05) is 10.6 Å². The summed E-state index contributed by atoms with van der Waals surface area (Å²) in [6.07, 6.45) is 0.920. The second-order valence-electron chi connectivity index (χ2n) is 8.40. The van der Waals surface area contributed by atoms with Gasteiger partial charge in [0.1, 0.15) is 22.7 Å². The summed E-state index contributed by atoms with van der Waals surface area (Å²) in [5.41, 5.74) is 1.61. The van der Waals surface area contributed by atoms with Gasteiger partial charge in [0.15, 0.2) is 0 Å². The lowest BCUT2D eigenvalue weighted by molar-refractivity contribution is -0.131. The highest BCUT2D eigenvalue weighted by molar-refractivity contribution is 6.16. The van der Waals surface area contributed by atoms with Crippen LogP contribution in [0.4, 0.5) is 15.8 Å². The van der Waals surface area contributed by atoms with E-state index < -0.39 is 17.1 Å². The first kappa shape index (κ1) is 21.6. The van der Waals surface area contributed by atoms with Crippen LogP contribution in [-0.4, -0.2) is 16.8 Å². The molecule has 0 aliphatic heterocycles. The SMILES string of the molecule is Cc1cc(Oc2ccc(NC(=O)C3(C(=O)Nc4ccc(F)cc4)CC3)cc2)c2ccccc2n1. The molecule has 1 fully saturated rings. The zero-order valence-corrected chi connectivity index (χ0v) is 18.5. The molecule has 2 amide bonds. The van der Waals surface area contributed by atoms with E-state index in [-0.39, 0.29) is 5.91 Å². The molecule has 170 valence electrons. The largest absolute Gasteiger partial charge is 0.457 e. The summed E-state index contributed by atoms with van der Waals surface area (Å²) >= 11 is 0. The Morgan fingerprint density at radius 1 is 0.882 bits per heavy atom. The average molecular weight is 455 g/mol. The van der Waals surface area contributed by atoms with E-state index in [1.807, 2.05) is 37.3 Å². The molecule has 4 aromatic rings. The number of carbonyl (C=O) groups excluding carboxylic acids is 2. The summed E-state index contributed by atoms with van der Waals surface area (Å²) < 4.78 is 19.2. The van der Waals surface area contributed by atoms with Gasteiger partial charge in [-0.3, -0.25) is 14.6 Å². The van der Waals surface area contributed by atoms with E-state index in [9.17, 15) is 14.0 Å². The van der Waals surface area contributed by atoms with E-state index in [4.69, 9.17) is 4.74 Å². The number of benzene rings is 3. The Morgan fingerprint density at radius 2 is 1.47 bits per heavy atom. The van der Waals surface area contributed by atoms with Crippen LogP contribution < -0.4 is 15.4 Å². The monoisotopic (exact) mass is 455 g/mol. The van der Waals surface area contributed by atoms with E-state index in [2.05, 4.69) is 15.6 Å². The Balaban J connectivity index is 1.26. The minimum absolute atomic E-state index is 0.364. The fourth-order valence-corrected chi connectivity index (χ4v) is 3.80. The molecule has 7 heteroatoms. The molecular weight excluding hydrogens is 433 g/mol. The molecule has 1 aliphatic carbocycles. The van der Waals surface area contributed by atoms with Crippen LogP contribution in [0.5, 0.6) is 11.5 Å². The summed E-state index contributed by atoms with van der Waals surface area (Å²) in [7, 11) is 0. The molecule has 1 saturated carbocycles. The lowest BCUT2D eigenvalue weighted by Crippen LogP contribution is -2.35. The molecule has 0 spiro atoms. The average Bonchev–Trinajstić information content (AvgIpc) is 3.64. The third-order valence-electron chi connectivity index (χ3n) is 5.87. The van der Waals surface area contributed by atoms with Crippen molar-refractivity contribution in [2.45, 2.75) is 19.8 Å². The van der Waals surface area contributed by atoms with Crippen molar-refractivity contribution in [3.05, 3.63) is 90.4 Å². The van der Waals surface area contributed by atoms with Crippen molar-refractivity contribution in [1.29, 1.82) is 0 Å². The van der Waals surface area contributed by atoms with E-state index in [0.717, 1.165) is 16.6 Å². The van der Waals surface area contributed by atoms with Gasteiger partial charge in [0.2, 0.25) is 11.8 Å². The van der Waals surface area contributed by atoms with E-state index >= 15 is 0 Å². The van der Waals surface area contributed by atoms with Gasteiger partial charge < -0.3 is 15.4 Å². The topological polar surface area (TPSA) is 80.3 Å². The molecule has 3 aromatic carbocycles. The third kappa shape index (κ3) is 4.32. The van der Waals surface area contributed by atoms with Crippen molar-refractivity contribution >= 4 is 34.1 Å². The molecule has 6 nitrogen and oxygen atoms in total. The first-order valence-electron chi connectivity index (χ1n) is 11.0. The standard InChI is InChI=1S/C27H22FN3O3/c1-17-16-24(22-4-2-3-5-23(22)29-17)34-21-12-10-20(11-13-21)31-26(33)27(14-15-27)25(32)30-19-8-6-18(28)7-9-19/h2-13,16H,14-15H2,1H3,(H,30,32)(H,31,33). The lowest BCUT2D eigenvalue weighted by atomic mass is 10.0. The summed E-state index contributed by atoms with van der Waals surface area (Å²) in [4.78, 5) is 30.1. The Hall–Kier alpha value is -4.26. The number of anilines is 2. The Labute approximate surface area is 195 Å². The Morgan fingerprint density at radius 3 is 2.09 bits per heavy atom.